The van der Waals surface area contributed by atoms with E-state index >= 15 is 0 Å². The minimum atomic E-state index is -0.271. The van der Waals surface area contributed by atoms with Gasteiger partial charge in [-0.1, -0.05) is 36.4 Å². The maximum atomic E-state index is 13.4. The average Bonchev–Trinajstić information content (AvgIpc) is 3.33. The van der Waals surface area contributed by atoms with Gasteiger partial charge in [-0.15, -0.1) is 0 Å². The molecule has 3 aromatic carbocycles. The van der Waals surface area contributed by atoms with Gasteiger partial charge in [0.15, 0.2) is 0 Å². The molecule has 2 saturated heterocycles. The van der Waals surface area contributed by atoms with Gasteiger partial charge < -0.3 is 30.1 Å². The molecule has 0 aliphatic carbocycles. The number of piperidine rings is 1. The number of phenols is 2. The van der Waals surface area contributed by atoms with Crippen molar-refractivity contribution in [1.82, 2.24) is 20.0 Å². The van der Waals surface area contributed by atoms with Gasteiger partial charge in [0.05, 0.1) is 12.2 Å². The summed E-state index contributed by atoms with van der Waals surface area (Å²) in [4.78, 5) is 32.2. The molecular weight excluding hydrogens is 532 g/mol. The molecule has 3 heterocycles. The summed E-state index contributed by atoms with van der Waals surface area (Å²) in [5, 5.41) is 22.4. The fourth-order valence-electron chi connectivity index (χ4n) is 6.52. The van der Waals surface area contributed by atoms with Crippen LogP contribution in [0.5, 0.6) is 11.5 Å². The van der Waals surface area contributed by atoms with Crippen LogP contribution < -0.4 is 5.32 Å². The molecule has 9 heteroatoms. The van der Waals surface area contributed by atoms with Crippen LogP contribution in [0.15, 0.2) is 60.7 Å². The predicted molar refractivity (Wildman–Crippen MR) is 158 cm³/mol. The quantitative estimate of drug-likeness (QED) is 0.427. The number of benzene rings is 3. The van der Waals surface area contributed by atoms with Crippen molar-refractivity contribution in [2.75, 3.05) is 39.3 Å². The number of likely N-dealkylation sites (tertiary alicyclic amines) is 1. The molecule has 220 valence electrons. The Morgan fingerprint density at radius 3 is 2.29 bits per heavy atom. The lowest BCUT2D eigenvalue weighted by molar-refractivity contribution is -0.0741. The van der Waals surface area contributed by atoms with Crippen LogP contribution >= 0.6 is 0 Å². The highest BCUT2D eigenvalue weighted by atomic mass is 16.5. The molecule has 3 aromatic rings. The van der Waals surface area contributed by atoms with E-state index in [0.717, 1.165) is 29.5 Å². The number of aryl methyl sites for hydroxylation is 1. The molecule has 0 radical (unpaired) electrons. The summed E-state index contributed by atoms with van der Waals surface area (Å²) in [7, 11) is 0. The normalized spacial score (nSPS) is 18.2. The number of carbonyl (C=O) groups is 2. The molecule has 9 nitrogen and oxygen atoms in total. The smallest absolute Gasteiger partial charge is 0.317 e. The third-order valence-corrected chi connectivity index (χ3v) is 8.86. The van der Waals surface area contributed by atoms with Crippen LogP contribution in [0.25, 0.3) is 0 Å². The molecule has 0 saturated carbocycles. The fourth-order valence-corrected chi connectivity index (χ4v) is 6.52. The first-order valence-electron chi connectivity index (χ1n) is 14.7. The van der Waals surface area contributed by atoms with Crippen LogP contribution in [0.1, 0.15) is 51.0 Å². The number of hydrogen-bond acceptors (Lipinski definition) is 6. The van der Waals surface area contributed by atoms with Gasteiger partial charge >= 0.3 is 6.03 Å². The molecule has 0 bridgehead atoms. The van der Waals surface area contributed by atoms with E-state index in [1.807, 2.05) is 36.1 Å². The number of urea groups is 1. The molecule has 6 rings (SSSR count). The number of piperazine rings is 1. The van der Waals surface area contributed by atoms with Gasteiger partial charge in [-0.05, 0) is 65.8 Å². The Kier molecular flexibility index (Phi) is 7.79. The summed E-state index contributed by atoms with van der Waals surface area (Å²) < 4.78 is 6.26. The summed E-state index contributed by atoms with van der Waals surface area (Å²) in [5.41, 5.74) is 5.65. The van der Waals surface area contributed by atoms with E-state index in [1.54, 1.807) is 17.0 Å². The standard InChI is InChI=1S/C33H38N4O5/c1-23-16-24(20-34-32(41)37-14-12-35(13-15-37)21-25-17-27(38)19-28(39)18-25)6-7-29(23)31(40)36-10-8-33(9-11-36)30-5-3-2-4-26(30)22-42-33/h2-7,16-19,38-39H,8-15,20-22H2,1H3,(H,34,41). The van der Waals surface area contributed by atoms with Crippen LogP contribution in [0.4, 0.5) is 4.79 Å². The molecule has 0 atom stereocenters. The van der Waals surface area contributed by atoms with Gasteiger partial charge in [0.2, 0.25) is 0 Å². The number of aromatic hydroxyl groups is 2. The van der Waals surface area contributed by atoms with E-state index in [0.29, 0.717) is 64.5 Å². The first-order chi connectivity index (χ1) is 20.3. The SMILES string of the molecule is Cc1cc(CNC(=O)N2CCN(Cc3cc(O)cc(O)c3)CC2)ccc1C(=O)N1CCC2(CC1)OCc1ccccc12. The average molecular weight is 571 g/mol. The zero-order valence-corrected chi connectivity index (χ0v) is 24.0. The van der Waals surface area contributed by atoms with Crippen molar-refractivity contribution in [3.8, 4) is 11.5 Å². The Balaban J connectivity index is 0.978. The lowest BCUT2D eigenvalue weighted by Gasteiger charge is -2.39. The summed E-state index contributed by atoms with van der Waals surface area (Å²) >= 11 is 0. The lowest BCUT2D eigenvalue weighted by Crippen LogP contribution is -2.51. The Morgan fingerprint density at radius 2 is 1.57 bits per heavy atom. The third kappa shape index (κ3) is 5.80. The van der Waals surface area contributed by atoms with Crippen molar-refractivity contribution in [1.29, 1.82) is 0 Å². The van der Waals surface area contributed by atoms with Gasteiger partial charge in [0.25, 0.3) is 5.91 Å². The lowest BCUT2D eigenvalue weighted by atomic mass is 9.83. The molecule has 0 aromatic heterocycles. The van der Waals surface area contributed by atoms with Gasteiger partial charge in [-0.3, -0.25) is 9.69 Å². The maximum Gasteiger partial charge on any atom is 0.317 e. The highest BCUT2D eigenvalue weighted by Crippen LogP contribution is 2.44. The van der Waals surface area contributed by atoms with E-state index in [1.165, 1.54) is 17.2 Å². The van der Waals surface area contributed by atoms with Crippen LogP contribution in [0.3, 0.4) is 0 Å². The molecule has 3 aliphatic rings. The van der Waals surface area contributed by atoms with E-state index in [4.69, 9.17) is 4.74 Å². The highest BCUT2D eigenvalue weighted by Gasteiger charge is 2.43. The number of nitrogens with one attached hydrogen (secondary N) is 1. The van der Waals surface area contributed by atoms with E-state index in [2.05, 4.69) is 28.4 Å². The Labute approximate surface area is 246 Å². The zero-order valence-electron chi connectivity index (χ0n) is 24.0. The van der Waals surface area contributed by atoms with Crippen LogP contribution in [-0.4, -0.2) is 76.1 Å². The number of carbonyl (C=O) groups excluding carboxylic acids is 2. The first kappa shape index (κ1) is 28.1. The van der Waals surface area contributed by atoms with Gasteiger partial charge in [-0.25, -0.2) is 4.79 Å². The Hall–Kier alpha value is -4.08. The zero-order chi connectivity index (χ0) is 29.3. The van der Waals surface area contributed by atoms with Crippen molar-refractivity contribution in [3.63, 3.8) is 0 Å². The van der Waals surface area contributed by atoms with Crippen molar-refractivity contribution in [3.05, 3.63) is 94.0 Å². The van der Waals surface area contributed by atoms with Crippen molar-refractivity contribution in [2.45, 2.75) is 45.1 Å². The van der Waals surface area contributed by atoms with Gasteiger partial charge in [0.1, 0.15) is 11.5 Å². The minimum Gasteiger partial charge on any atom is -0.508 e. The van der Waals surface area contributed by atoms with E-state index < -0.39 is 0 Å². The number of hydrogen-bond donors (Lipinski definition) is 3. The molecule has 42 heavy (non-hydrogen) atoms. The predicted octanol–water partition coefficient (Wildman–Crippen LogP) is 4.10. The maximum absolute atomic E-state index is 13.4. The van der Waals surface area contributed by atoms with Crippen molar-refractivity contribution >= 4 is 11.9 Å². The topological polar surface area (TPSA) is 106 Å². The molecule has 3 aliphatic heterocycles. The van der Waals surface area contributed by atoms with Gasteiger partial charge in [-0.2, -0.15) is 0 Å². The molecular formula is C33H38N4O5. The number of phenolic OH excluding ortho intramolecular Hbond substituents is 2. The van der Waals surface area contributed by atoms with E-state index in [9.17, 15) is 19.8 Å². The van der Waals surface area contributed by atoms with Crippen molar-refractivity contribution in [2.24, 2.45) is 0 Å². The second kappa shape index (κ2) is 11.7. The number of rotatable bonds is 5. The number of nitrogens with zero attached hydrogens (tertiary/aromatic N) is 3. The minimum absolute atomic E-state index is 0.0426. The van der Waals surface area contributed by atoms with Crippen LogP contribution in [0, 0.1) is 6.92 Å². The summed E-state index contributed by atoms with van der Waals surface area (Å²) in [6, 6.07) is 18.7. The first-order valence-corrected chi connectivity index (χ1v) is 14.7. The van der Waals surface area contributed by atoms with Crippen molar-refractivity contribution < 1.29 is 24.5 Å². The molecule has 0 unspecified atom stereocenters. The number of fused-ring (bicyclic) bond motifs is 2. The second-order valence-corrected chi connectivity index (χ2v) is 11.7. The summed E-state index contributed by atoms with van der Waals surface area (Å²) in [5.74, 6) is 0.130. The molecule has 3 N–H and O–H groups in total. The van der Waals surface area contributed by atoms with E-state index in [-0.39, 0.29) is 29.0 Å². The Morgan fingerprint density at radius 1 is 0.857 bits per heavy atom. The number of amides is 3. The highest BCUT2D eigenvalue weighted by molar-refractivity contribution is 5.95. The Bertz CT molecular complexity index is 1450. The molecule has 2 fully saturated rings. The molecule has 1 spiro atoms. The summed E-state index contributed by atoms with van der Waals surface area (Å²) in [6.45, 7) is 7.50. The van der Waals surface area contributed by atoms with Crippen LogP contribution in [-0.2, 0) is 30.0 Å². The van der Waals surface area contributed by atoms with Crippen LogP contribution in [0.2, 0.25) is 0 Å². The largest absolute Gasteiger partial charge is 0.508 e. The second-order valence-electron chi connectivity index (χ2n) is 11.7. The summed E-state index contributed by atoms with van der Waals surface area (Å²) in [6.07, 6.45) is 1.60. The molecule has 3 amide bonds. The van der Waals surface area contributed by atoms with Gasteiger partial charge in [0, 0.05) is 64.0 Å². The monoisotopic (exact) mass is 570 g/mol. The third-order valence-electron chi connectivity index (χ3n) is 8.86. The number of ether oxygens (including phenoxy) is 1. The fraction of sp³-hybridized carbons (Fsp3) is 0.394.